The van der Waals surface area contributed by atoms with Crippen LogP contribution in [0.25, 0.3) is 0 Å². The molecule has 0 radical (unpaired) electrons. The van der Waals surface area contributed by atoms with Crippen LogP contribution in [-0.2, 0) is 0 Å². The summed E-state index contributed by atoms with van der Waals surface area (Å²) in [5.74, 6) is 1.35. The molecule has 2 fully saturated rings. The minimum Gasteiger partial charge on any atom is -0.493 e. The van der Waals surface area contributed by atoms with Crippen LogP contribution in [0.15, 0.2) is 36.4 Å². The van der Waals surface area contributed by atoms with Crippen molar-refractivity contribution in [1.29, 1.82) is 0 Å². The molecule has 0 aliphatic heterocycles. The van der Waals surface area contributed by atoms with E-state index in [1.165, 1.54) is 38.5 Å². The molecule has 2 aromatic carbocycles. The summed E-state index contributed by atoms with van der Waals surface area (Å²) in [5, 5.41) is 0. The molecular weight excluding hydrogens is 465 g/mol. The third-order valence-electron chi connectivity index (χ3n) is 5.10. The van der Waals surface area contributed by atoms with Gasteiger partial charge in [0.05, 0.1) is 14.2 Å². The minimum atomic E-state index is -0.329. The van der Waals surface area contributed by atoms with E-state index in [1.807, 2.05) is 0 Å². The van der Waals surface area contributed by atoms with E-state index in [0.29, 0.717) is 23.0 Å². The van der Waals surface area contributed by atoms with Gasteiger partial charge >= 0.3 is 0 Å². The fourth-order valence-electron chi connectivity index (χ4n) is 3.24. The molecule has 2 aliphatic rings. The van der Waals surface area contributed by atoms with Crippen LogP contribution in [0.4, 0.5) is 8.78 Å². The third-order valence-corrected chi connectivity index (χ3v) is 5.10. The Balaban J connectivity index is 0.000000301. The van der Waals surface area contributed by atoms with Crippen molar-refractivity contribution in [1.82, 2.24) is 0 Å². The molecule has 0 aromatic heterocycles. The Hall–Kier alpha value is -2.00. The molecule has 2 aliphatic carbocycles. The molecule has 0 heterocycles. The smallest absolute Gasteiger partial charge is 0.163 e. The third kappa shape index (κ3) is 7.55. The largest absolute Gasteiger partial charge is 0.493 e. The van der Waals surface area contributed by atoms with Gasteiger partial charge in [-0.3, -0.25) is 0 Å². The van der Waals surface area contributed by atoms with Crippen LogP contribution < -0.4 is 30.4 Å². The Kier molecular flexibility index (Phi) is 11.3. The number of halogens is 4. The highest BCUT2D eigenvalue weighted by molar-refractivity contribution is 5.85. The fourth-order valence-corrected chi connectivity index (χ4v) is 3.24. The summed E-state index contributed by atoms with van der Waals surface area (Å²) in [6.07, 6.45) is 3.67. The average molecular weight is 495 g/mol. The second-order valence-corrected chi connectivity index (χ2v) is 7.53. The van der Waals surface area contributed by atoms with Crippen molar-refractivity contribution in [3.05, 3.63) is 48.0 Å². The molecular formula is C22H30Cl2F2N2O4. The highest BCUT2D eigenvalue weighted by Crippen LogP contribution is 2.33. The summed E-state index contributed by atoms with van der Waals surface area (Å²) in [6.45, 7) is 0. The highest BCUT2D eigenvalue weighted by Gasteiger charge is 2.29. The molecule has 0 amide bonds. The maximum Gasteiger partial charge on any atom is 0.163 e. The minimum absolute atomic E-state index is 0. The van der Waals surface area contributed by atoms with Crippen molar-refractivity contribution in [3.8, 4) is 23.0 Å². The monoisotopic (exact) mass is 494 g/mol. The van der Waals surface area contributed by atoms with Gasteiger partial charge in [0, 0.05) is 24.2 Å². The summed E-state index contributed by atoms with van der Waals surface area (Å²) in [7, 11) is 2.99. The number of benzene rings is 2. The van der Waals surface area contributed by atoms with E-state index in [4.69, 9.17) is 30.4 Å². The summed E-state index contributed by atoms with van der Waals surface area (Å²) in [5.41, 5.74) is 11.3. The molecule has 0 bridgehead atoms. The zero-order chi connectivity index (χ0) is 21.7. The lowest BCUT2D eigenvalue weighted by atomic mass is 9.90. The molecule has 6 nitrogen and oxygen atoms in total. The zero-order valence-corrected chi connectivity index (χ0v) is 19.6. The molecule has 4 rings (SSSR count). The lowest BCUT2D eigenvalue weighted by Crippen LogP contribution is -2.43. The molecule has 0 unspecified atom stereocenters. The standard InChI is InChI=1S/2C11H14FNO2.2ClH/c2*1-14-11-4-7(12)2-3-10(11)15-9-5-8(13)6-9;;/h2*2-4,8-9H,5-6,13H2,1H3;2*1H. The van der Waals surface area contributed by atoms with Crippen molar-refractivity contribution < 1.29 is 27.7 Å². The van der Waals surface area contributed by atoms with Gasteiger partial charge in [0.15, 0.2) is 23.0 Å². The van der Waals surface area contributed by atoms with Crippen LogP contribution in [0, 0.1) is 11.6 Å². The SMILES string of the molecule is COc1cc(F)ccc1OC1CC(N)C1.COc1cc(F)ccc1OC1CC(N)C1.Cl.Cl. The van der Waals surface area contributed by atoms with Gasteiger partial charge in [-0.05, 0) is 49.9 Å². The lowest BCUT2D eigenvalue weighted by Gasteiger charge is -2.32. The summed E-state index contributed by atoms with van der Waals surface area (Å²) < 4.78 is 47.1. The summed E-state index contributed by atoms with van der Waals surface area (Å²) >= 11 is 0. The van der Waals surface area contributed by atoms with Crippen LogP contribution in [0.2, 0.25) is 0 Å². The lowest BCUT2D eigenvalue weighted by molar-refractivity contribution is 0.0970. The van der Waals surface area contributed by atoms with Crippen molar-refractivity contribution in [2.75, 3.05) is 14.2 Å². The zero-order valence-electron chi connectivity index (χ0n) is 18.0. The average Bonchev–Trinajstić information content (AvgIpc) is 2.68. The molecule has 0 saturated heterocycles. The Labute approximate surface area is 199 Å². The number of ether oxygens (including phenoxy) is 4. The van der Waals surface area contributed by atoms with Crippen LogP contribution in [-0.4, -0.2) is 38.5 Å². The number of hydrogen-bond acceptors (Lipinski definition) is 6. The predicted molar refractivity (Wildman–Crippen MR) is 124 cm³/mol. The van der Waals surface area contributed by atoms with Gasteiger partial charge in [-0.15, -0.1) is 24.8 Å². The van der Waals surface area contributed by atoms with E-state index in [-0.39, 0.29) is 60.7 Å². The Morgan fingerprint density at radius 1 is 0.656 bits per heavy atom. The van der Waals surface area contributed by atoms with Gasteiger partial charge in [0.2, 0.25) is 0 Å². The molecule has 2 saturated carbocycles. The van der Waals surface area contributed by atoms with Crippen LogP contribution in [0.5, 0.6) is 23.0 Å². The summed E-state index contributed by atoms with van der Waals surface area (Å²) in [4.78, 5) is 0. The van der Waals surface area contributed by atoms with E-state index in [0.717, 1.165) is 25.7 Å². The topological polar surface area (TPSA) is 89.0 Å². The van der Waals surface area contributed by atoms with Gasteiger partial charge < -0.3 is 30.4 Å². The molecule has 32 heavy (non-hydrogen) atoms. The Morgan fingerprint density at radius 3 is 1.28 bits per heavy atom. The number of hydrogen-bond donors (Lipinski definition) is 2. The van der Waals surface area contributed by atoms with Crippen molar-refractivity contribution >= 4 is 24.8 Å². The van der Waals surface area contributed by atoms with E-state index < -0.39 is 0 Å². The fraction of sp³-hybridized carbons (Fsp3) is 0.455. The molecule has 0 spiro atoms. The van der Waals surface area contributed by atoms with Gasteiger partial charge in [-0.2, -0.15) is 0 Å². The van der Waals surface area contributed by atoms with E-state index >= 15 is 0 Å². The van der Waals surface area contributed by atoms with Gasteiger partial charge in [0.25, 0.3) is 0 Å². The van der Waals surface area contributed by atoms with E-state index in [1.54, 1.807) is 12.1 Å². The maximum atomic E-state index is 12.9. The number of rotatable bonds is 6. The number of methoxy groups -OCH3 is 2. The van der Waals surface area contributed by atoms with Crippen molar-refractivity contribution in [3.63, 3.8) is 0 Å². The van der Waals surface area contributed by atoms with Crippen molar-refractivity contribution in [2.24, 2.45) is 11.5 Å². The quantitative estimate of drug-likeness (QED) is 0.623. The molecule has 4 N–H and O–H groups in total. The molecule has 180 valence electrons. The van der Waals surface area contributed by atoms with Crippen molar-refractivity contribution in [2.45, 2.75) is 50.0 Å². The van der Waals surface area contributed by atoms with Crippen LogP contribution in [0.3, 0.4) is 0 Å². The van der Waals surface area contributed by atoms with E-state index in [9.17, 15) is 8.78 Å². The van der Waals surface area contributed by atoms with E-state index in [2.05, 4.69) is 0 Å². The van der Waals surface area contributed by atoms with Gasteiger partial charge in [-0.1, -0.05) is 0 Å². The summed E-state index contributed by atoms with van der Waals surface area (Å²) in [6, 6.07) is 8.98. The first-order valence-corrected chi connectivity index (χ1v) is 9.89. The first-order valence-electron chi connectivity index (χ1n) is 9.89. The first-order chi connectivity index (χ1) is 14.4. The molecule has 0 atom stereocenters. The van der Waals surface area contributed by atoms with Gasteiger partial charge in [0.1, 0.15) is 23.8 Å². The van der Waals surface area contributed by atoms with Crippen LogP contribution in [0.1, 0.15) is 25.7 Å². The van der Waals surface area contributed by atoms with Gasteiger partial charge in [-0.25, -0.2) is 8.78 Å². The second-order valence-electron chi connectivity index (χ2n) is 7.53. The molecule has 2 aromatic rings. The number of nitrogens with two attached hydrogens (primary N) is 2. The maximum absolute atomic E-state index is 12.9. The first kappa shape index (κ1) is 28.0. The van der Waals surface area contributed by atoms with Crippen LogP contribution >= 0.6 is 24.8 Å². The highest BCUT2D eigenvalue weighted by atomic mass is 35.5. The normalized spacial score (nSPS) is 22.9. The molecule has 10 heteroatoms. The second kappa shape index (κ2) is 12.9. The Bertz CT molecular complexity index is 781. The predicted octanol–water partition coefficient (Wildman–Crippen LogP) is 4.25. The Morgan fingerprint density at radius 2 is 1.00 bits per heavy atom.